The normalized spacial score (nSPS) is 27.2. The van der Waals surface area contributed by atoms with Crippen LogP contribution in [0.2, 0.25) is 0 Å². The highest BCUT2D eigenvalue weighted by Crippen LogP contribution is 2.64. The molecule has 3 aromatic rings. The van der Waals surface area contributed by atoms with E-state index in [0.29, 0.717) is 21.3 Å². The number of aromatic nitrogens is 3. The molecule has 0 bridgehead atoms. The summed E-state index contributed by atoms with van der Waals surface area (Å²) in [5.41, 5.74) is 0.114. The van der Waals surface area contributed by atoms with Crippen LogP contribution < -0.4 is 16.1 Å². The van der Waals surface area contributed by atoms with Crippen LogP contribution in [0.3, 0.4) is 0 Å². The van der Waals surface area contributed by atoms with Gasteiger partial charge in [0, 0.05) is 23.9 Å². The Balaban J connectivity index is 1.66. The second-order valence-corrected chi connectivity index (χ2v) is 12.7. The number of nitrogens with zero attached hydrogens (tertiary/aromatic N) is 4. The Morgan fingerprint density at radius 2 is 1.70 bits per heavy atom. The lowest BCUT2D eigenvalue weighted by molar-refractivity contribution is -0.137. The van der Waals surface area contributed by atoms with Crippen molar-refractivity contribution < 1.29 is 19.4 Å². The molecule has 3 aliphatic rings. The molecule has 0 spiro atoms. The second kappa shape index (κ2) is 9.10. The van der Waals surface area contributed by atoms with Crippen molar-refractivity contribution in [2.24, 2.45) is 0 Å². The number of imide groups is 1. The Kier molecular flexibility index (Phi) is 6.23. The molecule has 208 valence electrons. The number of phenols is 1. The molecule has 6 rings (SSSR count). The summed E-state index contributed by atoms with van der Waals surface area (Å²) in [6.07, 6.45) is 1.52. The van der Waals surface area contributed by atoms with Gasteiger partial charge < -0.3 is 9.84 Å². The van der Waals surface area contributed by atoms with Crippen LogP contribution in [0.25, 0.3) is 5.69 Å². The lowest BCUT2D eigenvalue weighted by Crippen LogP contribution is -2.59. The van der Waals surface area contributed by atoms with Gasteiger partial charge in [-0.1, -0.05) is 24.3 Å². The van der Waals surface area contributed by atoms with Gasteiger partial charge in [0.25, 0.3) is 11.8 Å². The molecule has 40 heavy (non-hydrogen) atoms. The number of para-hydroxylation sites is 1. The number of aromatic hydroxyl groups is 1. The number of fused-ring (bicyclic) bond motifs is 4. The fraction of sp³-hybridized carbons (Fsp3) is 0.308. The zero-order valence-electron chi connectivity index (χ0n) is 20.9. The minimum Gasteiger partial charge on any atom is -0.503 e. The van der Waals surface area contributed by atoms with Crippen LogP contribution in [0.4, 0.5) is 0 Å². The van der Waals surface area contributed by atoms with E-state index in [1.165, 1.54) is 29.6 Å². The van der Waals surface area contributed by atoms with Crippen molar-refractivity contribution in [1.29, 1.82) is 0 Å². The van der Waals surface area contributed by atoms with Gasteiger partial charge in [0.15, 0.2) is 21.2 Å². The molecule has 3 heterocycles. The minimum atomic E-state index is -2.00. The van der Waals surface area contributed by atoms with Gasteiger partial charge >= 0.3 is 11.4 Å². The number of phenolic OH excluding ortho intramolecular Hbond substituents is 1. The van der Waals surface area contributed by atoms with Crippen LogP contribution in [0.15, 0.2) is 66.6 Å². The number of ether oxygens (including phenoxy) is 1. The van der Waals surface area contributed by atoms with Gasteiger partial charge in [0.05, 0.1) is 29.9 Å². The van der Waals surface area contributed by atoms with E-state index in [-0.39, 0.29) is 28.9 Å². The molecule has 1 N–H and O–H groups in total. The first-order valence-electron chi connectivity index (χ1n) is 12.0. The number of hydrogen-bond acceptors (Lipinski definition) is 6. The minimum absolute atomic E-state index is 0.00444. The van der Waals surface area contributed by atoms with Crippen molar-refractivity contribution in [2.75, 3.05) is 14.2 Å². The number of methoxy groups -OCH3 is 1. The summed E-state index contributed by atoms with van der Waals surface area (Å²) >= 11 is 21.2. The smallest absolute Gasteiger partial charge is 0.352 e. The molecule has 2 fully saturated rings. The molecule has 1 saturated carbocycles. The van der Waals surface area contributed by atoms with Crippen LogP contribution in [-0.4, -0.2) is 59.7 Å². The van der Waals surface area contributed by atoms with Crippen molar-refractivity contribution in [3.05, 3.63) is 83.5 Å². The fourth-order valence-electron chi connectivity index (χ4n) is 6.13. The van der Waals surface area contributed by atoms with Gasteiger partial charge in [-0.05, 0) is 61.2 Å². The summed E-state index contributed by atoms with van der Waals surface area (Å²) in [6.45, 7) is 0.00444. The SMILES string of the molecule is COc1cc([C@H]2C3=CCn4c(=O)n(-c5ccccc5)c(=O)n4[C@@H]3C[C@@]3(Cl)C(=O)N(C)C(=O)[C@@]23Cl)c(Br)c(Br)c1O. The van der Waals surface area contributed by atoms with Crippen molar-refractivity contribution in [2.45, 2.75) is 34.7 Å². The van der Waals surface area contributed by atoms with Gasteiger partial charge in [-0.3, -0.25) is 14.5 Å². The Hall–Kier alpha value is -2.80. The van der Waals surface area contributed by atoms with Crippen LogP contribution in [0.1, 0.15) is 23.9 Å². The third kappa shape index (κ3) is 3.27. The summed E-state index contributed by atoms with van der Waals surface area (Å²) < 4.78 is 9.58. The number of amides is 2. The average Bonchev–Trinajstić information content (AvgIpc) is 3.28. The molecule has 1 aliphatic carbocycles. The number of likely N-dealkylation sites (tertiary alicyclic amines) is 1. The highest BCUT2D eigenvalue weighted by molar-refractivity contribution is 9.13. The van der Waals surface area contributed by atoms with Crippen LogP contribution in [0, 0.1) is 0 Å². The van der Waals surface area contributed by atoms with Gasteiger partial charge in [-0.15, -0.1) is 23.2 Å². The van der Waals surface area contributed by atoms with E-state index in [0.717, 1.165) is 9.47 Å². The first kappa shape index (κ1) is 27.4. The Labute approximate surface area is 253 Å². The van der Waals surface area contributed by atoms with Gasteiger partial charge in [-0.2, -0.15) is 0 Å². The van der Waals surface area contributed by atoms with E-state index in [9.17, 15) is 24.3 Å². The van der Waals surface area contributed by atoms with Gasteiger partial charge in [0.1, 0.15) is 0 Å². The van der Waals surface area contributed by atoms with E-state index in [1.54, 1.807) is 36.4 Å². The summed E-state index contributed by atoms with van der Waals surface area (Å²) in [4.78, 5) is 51.5. The molecule has 1 saturated heterocycles. The second-order valence-electron chi connectivity index (χ2n) is 9.85. The average molecular weight is 715 g/mol. The highest BCUT2D eigenvalue weighted by Gasteiger charge is 2.75. The summed E-state index contributed by atoms with van der Waals surface area (Å²) in [5.74, 6) is -2.60. The standard InChI is InChI=1S/C26H20Br2Cl2N4O6/c1-31-21(36)25(29)11-15-13(8-9-32-23(38)33(24(39)34(15)32)12-6-4-3-5-7-12)17(26(25,30)22(31)37)14-10-16(40-2)20(35)19(28)18(14)27/h3-8,10,15,17,35H,9,11H2,1-2H3/t15-,17-,25-,26+/m1/s1. The van der Waals surface area contributed by atoms with Gasteiger partial charge in [-0.25, -0.2) is 23.5 Å². The molecule has 4 atom stereocenters. The molecule has 2 aliphatic heterocycles. The maximum Gasteiger partial charge on any atom is 0.352 e. The molecule has 0 radical (unpaired) electrons. The molecule has 14 heteroatoms. The number of allylic oxidation sites excluding steroid dienone is 2. The number of carbonyl (C=O) groups excluding carboxylic acids is 2. The Morgan fingerprint density at radius 1 is 1.02 bits per heavy atom. The lowest BCUT2D eigenvalue weighted by Gasteiger charge is -2.49. The lowest BCUT2D eigenvalue weighted by atomic mass is 9.64. The van der Waals surface area contributed by atoms with E-state index < -0.39 is 44.9 Å². The Morgan fingerprint density at radius 3 is 2.35 bits per heavy atom. The Bertz CT molecular complexity index is 1780. The molecule has 1 aromatic heterocycles. The predicted octanol–water partition coefficient (Wildman–Crippen LogP) is 3.66. The van der Waals surface area contributed by atoms with Gasteiger partial charge in [0.2, 0.25) is 0 Å². The maximum atomic E-state index is 13.9. The summed E-state index contributed by atoms with van der Waals surface area (Å²) in [7, 11) is 2.68. The van der Waals surface area contributed by atoms with Crippen LogP contribution in [0.5, 0.6) is 11.5 Å². The molecule has 0 unspecified atom stereocenters. The topological polar surface area (TPSA) is 116 Å². The molecule has 2 amide bonds. The van der Waals surface area contributed by atoms with Crippen molar-refractivity contribution in [3.63, 3.8) is 0 Å². The number of hydrogen-bond donors (Lipinski definition) is 1. The summed E-state index contributed by atoms with van der Waals surface area (Å²) in [5, 5.41) is 10.6. The summed E-state index contributed by atoms with van der Waals surface area (Å²) in [6, 6.07) is 9.09. The molecular formula is C26H20Br2Cl2N4O6. The maximum absolute atomic E-state index is 13.9. The number of rotatable bonds is 3. The zero-order chi connectivity index (χ0) is 28.9. The fourth-order valence-corrected chi connectivity index (χ4v) is 8.07. The molecule has 10 nitrogen and oxygen atoms in total. The number of carbonyl (C=O) groups is 2. The predicted molar refractivity (Wildman–Crippen MR) is 154 cm³/mol. The first-order chi connectivity index (χ1) is 18.9. The number of alkyl halides is 2. The first-order valence-corrected chi connectivity index (χ1v) is 14.4. The number of benzene rings is 2. The molecule has 2 aromatic carbocycles. The van der Waals surface area contributed by atoms with E-state index in [1.807, 2.05) is 0 Å². The highest BCUT2D eigenvalue weighted by atomic mass is 79.9. The quantitative estimate of drug-likeness (QED) is 0.252. The largest absolute Gasteiger partial charge is 0.503 e. The van der Waals surface area contributed by atoms with Crippen molar-refractivity contribution >= 4 is 66.9 Å². The van der Waals surface area contributed by atoms with E-state index in [2.05, 4.69) is 31.9 Å². The van der Waals surface area contributed by atoms with Crippen molar-refractivity contribution in [1.82, 2.24) is 18.8 Å². The zero-order valence-corrected chi connectivity index (χ0v) is 25.6. The monoisotopic (exact) mass is 712 g/mol. The van der Waals surface area contributed by atoms with Crippen LogP contribution in [-0.2, 0) is 16.1 Å². The third-order valence-corrected chi connectivity index (χ3v) is 11.6. The van der Waals surface area contributed by atoms with E-state index in [4.69, 9.17) is 27.9 Å². The third-order valence-electron chi connectivity index (χ3n) is 8.00. The number of halogens is 4. The molecular weight excluding hydrogens is 695 g/mol. The van der Waals surface area contributed by atoms with Crippen LogP contribution >= 0.6 is 55.1 Å². The van der Waals surface area contributed by atoms with Crippen molar-refractivity contribution in [3.8, 4) is 17.2 Å². The van der Waals surface area contributed by atoms with E-state index >= 15 is 0 Å².